The predicted molar refractivity (Wildman–Crippen MR) is 93.5 cm³/mol. The summed E-state index contributed by atoms with van der Waals surface area (Å²) in [5.74, 6) is -0.0221. The molecule has 0 atom stereocenters. The molecule has 22 heavy (non-hydrogen) atoms. The lowest BCUT2D eigenvalue weighted by molar-refractivity contribution is 0.103. The van der Waals surface area contributed by atoms with Crippen LogP contribution in [0.4, 0.5) is 0 Å². The molecule has 0 fully saturated rings. The fourth-order valence-electron chi connectivity index (χ4n) is 3.09. The van der Waals surface area contributed by atoms with Gasteiger partial charge in [-0.15, -0.1) is 0 Å². The van der Waals surface area contributed by atoms with Gasteiger partial charge in [0, 0.05) is 38.6 Å². The lowest BCUT2D eigenvalue weighted by Crippen LogP contribution is -2.20. The molecule has 0 saturated carbocycles. The molecule has 0 saturated heterocycles. The Bertz CT molecular complexity index is 1050. The molecule has 3 aromatic rings. The Morgan fingerprint density at radius 1 is 0.909 bits per heavy atom. The number of halogens is 2. The minimum absolute atomic E-state index is 0.0221. The van der Waals surface area contributed by atoms with Crippen LogP contribution in [0.5, 0.6) is 0 Å². The number of rotatable bonds is 0. The first kappa shape index (κ1) is 13.9. The van der Waals surface area contributed by atoms with Crippen molar-refractivity contribution in [1.82, 2.24) is 4.57 Å². The minimum Gasteiger partial charge on any atom is -0.310 e. The molecule has 0 unspecified atom stereocenters. The standard InChI is InChI=1S/C17H9Br2NO2/c1-20-13(21)6-10-8-4-2-3-5-9(8)17(22)15-11(18)7-12(19)16(20)14(10)15/h2-7H,1H3. The van der Waals surface area contributed by atoms with Crippen molar-refractivity contribution < 1.29 is 4.79 Å². The number of aromatic nitrogens is 1. The van der Waals surface area contributed by atoms with Gasteiger partial charge in [-0.05, 0) is 49.1 Å². The Kier molecular flexibility index (Phi) is 2.93. The molecule has 0 radical (unpaired) electrons. The first-order valence-electron chi connectivity index (χ1n) is 6.66. The van der Waals surface area contributed by atoms with E-state index in [4.69, 9.17) is 0 Å². The number of aryl methyl sites for hydroxylation is 1. The molecule has 1 aliphatic carbocycles. The van der Waals surface area contributed by atoms with Gasteiger partial charge in [0.25, 0.3) is 5.56 Å². The first-order valence-corrected chi connectivity index (χ1v) is 8.25. The van der Waals surface area contributed by atoms with Gasteiger partial charge in [0.2, 0.25) is 0 Å². The van der Waals surface area contributed by atoms with Gasteiger partial charge in [-0.1, -0.05) is 24.3 Å². The second-order valence-corrected chi connectivity index (χ2v) is 6.98. The van der Waals surface area contributed by atoms with Gasteiger partial charge in [0.1, 0.15) is 0 Å². The Morgan fingerprint density at radius 3 is 2.32 bits per heavy atom. The summed E-state index contributed by atoms with van der Waals surface area (Å²) in [6.45, 7) is 0. The van der Waals surface area contributed by atoms with Crippen molar-refractivity contribution in [3.8, 4) is 11.1 Å². The Hall–Kier alpha value is -1.72. The maximum Gasteiger partial charge on any atom is 0.251 e. The van der Waals surface area contributed by atoms with Gasteiger partial charge in [0.15, 0.2) is 5.78 Å². The van der Waals surface area contributed by atoms with Crippen molar-refractivity contribution in [2.24, 2.45) is 7.05 Å². The van der Waals surface area contributed by atoms with Crippen LogP contribution >= 0.6 is 31.9 Å². The molecular formula is C17H9Br2NO2. The highest BCUT2D eigenvalue weighted by Gasteiger charge is 2.29. The smallest absolute Gasteiger partial charge is 0.251 e. The number of pyridine rings is 1. The topological polar surface area (TPSA) is 39.1 Å². The SMILES string of the molecule is Cn1c(=O)cc2c3c(c(Br)cc(Br)c31)C(=O)c1ccccc1-2. The van der Waals surface area contributed by atoms with Crippen LogP contribution in [-0.4, -0.2) is 10.4 Å². The normalized spacial score (nSPS) is 12.6. The van der Waals surface area contributed by atoms with Crippen LogP contribution in [0.3, 0.4) is 0 Å². The van der Waals surface area contributed by atoms with E-state index in [2.05, 4.69) is 31.9 Å². The molecular weight excluding hydrogens is 410 g/mol. The number of ketones is 1. The lowest BCUT2D eigenvalue weighted by Gasteiger charge is -2.22. The molecule has 0 spiro atoms. The molecule has 1 heterocycles. The van der Waals surface area contributed by atoms with Crippen molar-refractivity contribution in [1.29, 1.82) is 0 Å². The van der Waals surface area contributed by atoms with E-state index in [9.17, 15) is 9.59 Å². The van der Waals surface area contributed by atoms with Crippen LogP contribution in [0.15, 0.2) is 50.1 Å². The summed E-state index contributed by atoms with van der Waals surface area (Å²) in [4.78, 5) is 25.2. The predicted octanol–water partition coefficient (Wildman–Crippen LogP) is 4.27. The zero-order valence-electron chi connectivity index (χ0n) is 11.5. The number of hydrogen-bond acceptors (Lipinski definition) is 2. The second-order valence-electron chi connectivity index (χ2n) is 5.27. The van der Waals surface area contributed by atoms with Crippen LogP contribution in [0, 0.1) is 0 Å². The summed E-state index contributed by atoms with van der Waals surface area (Å²) in [6, 6.07) is 10.8. The summed E-state index contributed by atoms with van der Waals surface area (Å²) in [6.07, 6.45) is 0. The van der Waals surface area contributed by atoms with Gasteiger partial charge in [-0.3, -0.25) is 9.59 Å². The summed E-state index contributed by atoms with van der Waals surface area (Å²) >= 11 is 7.01. The van der Waals surface area contributed by atoms with Crippen LogP contribution in [-0.2, 0) is 7.05 Å². The molecule has 0 N–H and O–H groups in total. The summed E-state index contributed by atoms with van der Waals surface area (Å²) in [7, 11) is 1.72. The lowest BCUT2D eigenvalue weighted by atomic mass is 9.84. The minimum atomic E-state index is -0.0966. The summed E-state index contributed by atoms with van der Waals surface area (Å²) in [5.41, 5.74) is 3.51. The molecule has 0 amide bonds. The molecule has 0 aliphatic heterocycles. The molecule has 4 rings (SSSR count). The molecule has 3 nitrogen and oxygen atoms in total. The van der Waals surface area contributed by atoms with E-state index in [1.165, 1.54) is 0 Å². The van der Waals surface area contributed by atoms with Gasteiger partial charge in [0.05, 0.1) is 5.52 Å². The molecule has 1 aliphatic rings. The van der Waals surface area contributed by atoms with Gasteiger partial charge in [-0.25, -0.2) is 0 Å². The highest BCUT2D eigenvalue weighted by atomic mass is 79.9. The van der Waals surface area contributed by atoms with E-state index in [1.54, 1.807) is 23.7 Å². The highest BCUT2D eigenvalue weighted by Crippen LogP contribution is 2.43. The second kappa shape index (κ2) is 4.64. The maximum absolute atomic E-state index is 12.9. The number of fused-ring (bicyclic) bond motifs is 2. The zero-order chi connectivity index (χ0) is 15.6. The third kappa shape index (κ3) is 1.66. The number of hydrogen-bond donors (Lipinski definition) is 0. The number of nitrogens with zero attached hydrogens (tertiary/aromatic N) is 1. The highest BCUT2D eigenvalue weighted by molar-refractivity contribution is 9.11. The molecule has 0 bridgehead atoms. The zero-order valence-corrected chi connectivity index (χ0v) is 14.7. The quantitative estimate of drug-likeness (QED) is 0.427. The van der Waals surface area contributed by atoms with Crippen LogP contribution < -0.4 is 5.56 Å². The van der Waals surface area contributed by atoms with Crippen molar-refractivity contribution in [3.05, 3.63) is 66.8 Å². The van der Waals surface area contributed by atoms with Crippen molar-refractivity contribution in [3.63, 3.8) is 0 Å². The Balaban J connectivity index is 2.38. The van der Waals surface area contributed by atoms with Crippen molar-refractivity contribution >= 4 is 48.5 Å². The van der Waals surface area contributed by atoms with Crippen LogP contribution in [0.2, 0.25) is 0 Å². The van der Waals surface area contributed by atoms with Crippen molar-refractivity contribution in [2.45, 2.75) is 0 Å². The number of benzene rings is 2. The van der Waals surface area contributed by atoms with E-state index in [0.717, 1.165) is 31.0 Å². The average molecular weight is 419 g/mol. The summed E-state index contributed by atoms with van der Waals surface area (Å²) in [5, 5.41) is 0.812. The third-order valence-electron chi connectivity index (χ3n) is 4.10. The number of carbonyl (C=O) groups is 1. The van der Waals surface area contributed by atoms with Gasteiger partial charge in [-0.2, -0.15) is 0 Å². The molecule has 5 heteroatoms. The van der Waals surface area contributed by atoms with Crippen molar-refractivity contribution in [2.75, 3.05) is 0 Å². The largest absolute Gasteiger partial charge is 0.310 e. The van der Waals surface area contributed by atoms with E-state index < -0.39 is 0 Å². The Labute approximate surface area is 142 Å². The van der Waals surface area contributed by atoms with E-state index >= 15 is 0 Å². The van der Waals surface area contributed by atoms with E-state index in [-0.39, 0.29) is 11.3 Å². The fraction of sp³-hybridized carbons (Fsp3) is 0.0588. The van der Waals surface area contributed by atoms with E-state index in [1.807, 2.05) is 24.3 Å². The molecule has 1 aromatic heterocycles. The third-order valence-corrected chi connectivity index (χ3v) is 5.33. The Morgan fingerprint density at radius 2 is 1.59 bits per heavy atom. The monoisotopic (exact) mass is 417 g/mol. The summed E-state index contributed by atoms with van der Waals surface area (Å²) < 4.78 is 3.08. The first-order chi connectivity index (χ1) is 10.5. The van der Waals surface area contributed by atoms with Gasteiger partial charge < -0.3 is 4.57 Å². The fourth-order valence-corrected chi connectivity index (χ4v) is 4.69. The average Bonchev–Trinajstić information content (AvgIpc) is 2.49. The molecule has 2 aromatic carbocycles. The number of carbonyl (C=O) groups excluding carboxylic acids is 1. The maximum atomic E-state index is 12.9. The van der Waals surface area contributed by atoms with Crippen LogP contribution in [0.1, 0.15) is 15.9 Å². The van der Waals surface area contributed by atoms with Crippen LogP contribution in [0.25, 0.3) is 22.0 Å². The van der Waals surface area contributed by atoms with Gasteiger partial charge >= 0.3 is 0 Å². The molecule has 108 valence electrons. The van der Waals surface area contributed by atoms with E-state index in [0.29, 0.717) is 11.1 Å².